The summed E-state index contributed by atoms with van der Waals surface area (Å²) in [5, 5.41) is 0.670. The number of hydrogen-bond donors (Lipinski definition) is 0. The molecule has 0 aliphatic carbocycles. The highest BCUT2D eigenvalue weighted by Gasteiger charge is 2.14. The minimum atomic E-state index is 0.670. The van der Waals surface area contributed by atoms with Crippen LogP contribution in [-0.2, 0) is 0 Å². The highest BCUT2D eigenvalue weighted by Crippen LogP contribution is 2.29. The number of rotatable bonds is 2. The van der Waals surface area contributed by atoms with Crippen LogP contribution in [0.2, 0.25) is 0 Å². The molecule has 6 nitrogen and oxygen atoms in total. The first-order valence-electron chi connectivity index (χ1n) is 6.35. The van der Waals surface area contributed by atoms with Crippen LogP contribution in [0.1, 0.15) is 5.56 Å². The monoisotopic (exact) mass is 297 g/mol. The molecule has 3 heterocycles. The molecule has 0 N–H and O–H groups in total. The summed E-state index contributed by atoms with van der Waals surface area (Å²) in [7, 11) is 0. The Hall–Kier alpha value is -2.41. The van der Waals surface area contributed by atoms with Gasteiger partial charge in [0.05, 0.1) is 11.9 Å². The van der Waals surface area contributed by atoms with Crippen LogP contribution < -0.4 is 0 Å². The molecule has 0 amide bonds. The van der Waals surface area contributed by atoms with E-state index in [-0.39, 0.29) is 0 Å². The van der Waals surface area contributed by atoms with E-state index in [9.17, 15) is 0 Å². The molecule has 3 aromatic heterocycles. The normalized spacial score (nSPS) is 11.5. The number of hydrogen-bond acceptors (Lipinski definition) is 6. The molecule has 104 valence electrons. The number of nitrogens with zero attached hydrogens (tertiary/aromatic N) is 5. The molecule has 1 aromatic carbocycles. The number of fused-ring (bicyclic) bond motifs is 2. The Morgan fingerprint density at radius 3 is 2.95 bits per heavy atom. The van der Waals surface area contributed by atoms with Crippen LogP contribution in [0, 0.1) is 6.92 Å². The fourth-order valence-electron chi connectivity index (χ4n) is 2.38. The van der Waals surface area contributed by atoms with Crippen LogP contribution in [0.4, 0.5) is 0 Å². The molecule has 0 radical (unpaired) electrons. The van der Waals surface area contributed by atoms with Crippen LogP contribution in [0.5, 0.6) is 0 Å². The molecule has 0 unspecified atom stereocenters. The zero-order valence-electron chi connectivity index (χ0n) is 11.4. The second kappa shape index (κ2) is 4.56. The van der Waals surface area contributed by atoms with Gasteiger partial charge in [-0.15, -0.1) is 0 Å². The predicted octanol–water partition coefficient (Wildman–Crippen LogP) is 2.99. The molecule has 7 heteroatoms. The summed E-state index contributed by atoms with van der Waals surface area (Å²) in [5.74, 6) is 0. The van der Waals surface area contributed by atoms with Crippen molar-refractivity contribution in [2.24, 2.45) is 0 Å². The van der Waals surface area contributed by atoms with Gasteiger partial charge in [-0.2, -0.15) is 0 Å². The quantitative estimate of drug-likeness (QED) is 0.530. The van der Waals surface area contributed by atoms with E-state index < -0.39 is 0 Å². The molecule has 0 saturated carbocycles. The number of imidazole rings is 1. The van der Waals surface area contributed by atoms with E-state index in [4.69, 9.17) is 4.42 Å². The van der Waals surface area contributed by atoms with Gasteiger partial charge in [-0.1, -0.05) is 11.8 Å². The lowest BCUT2D eigenvalue weighted by Crippen LogP contribution is -1.97. The van der Waals surface area contributed by atoms with Crippen molar-refractivity contribution in [3.05, 3.63) is 36.5 Å². The van der Waals surface area contributed by atoms with Crippen molar-refractivity contribution >= 4 is 34.0 Å². The molecular formula is C14H11N5OS. The summed E-state index contributed by atoms with van der Waals surface area (Å²) in [6, 6.07) is 3.96. The van der Waals surface area contributed by atoms with Gasteiger partial charge in [0.25, 0.3) is 5.22 Å². The average Bonchev–Trinajstić information content (AvgIpc) is 3.12. The molecular weight excluding hydrogens is 286 g/mol. The summed E-state index contributed by atoms with van der Waals surface area (Å²) in [6.07, 6.45) is 6.92. The Labute approximate surface area is 124 Å². The van der Waals surface area contributed by atoms with E-state index in [1.165, 1.54) is 18.1 Å². The van der Waals surface area contributed by atoms with Gasteiger partial charge < -0.3 is 4.42 Å². The van der Waals surface area contributed by atoms with Gasteiger partial charge in [0, 0.05) is 5.56 Å². The van der Waals surface area contributed by atoms with Crippen molar-refractivity contribution in [2.45, 2.75) is 12.1 Å². The van der Waals surface area contributed by atoms with Crippen molar-refractivity contribution in [1.82, 2.24) is 24.5 Å². The highest BCUT2D eigenvalue weighted by atomic mass is 32.2. The van der Waals surface area contributed by atoms with E-state index in [1.54, 1.807) is 12.5 Å². The summed E-state index contributed by atoms with van der Waals surface area (Å²) < 4.78 is 7.72. The van der Waals surface area contributed by atoms with Gasteiger partial charge in [-0.25, -0.2) is 19.9 Å². The third-order valence-electron chi connectivity index (χ3n) is 3.40. The Bertz CT molecular complexity index is 958. The second-order valence-corrected chi connectivity index (χ2v) is 5.35. The average molecular weight is 297 g/mol. The Balaban J connectivity index is 2.00. The largest absolute Gasteiger partial charge is 0.431 e. The van der Waals surface area contributed by atoms with Crippen molar-refractivity contribution in [3.63, 3.8) is 0 Å². The molecule has 4 rings (SSSR count). The van der Waals surface area contributed by atoms with Gasteiger partial charge in [0.2, 0.25) is 0 Å². The van der Waals surface area contributed by atoms with Crippen LogP contribution >= 0.6 is 11.8 Å². The van der Waals surface area contributed by atoms with Gasteiger partial charge in [-0.3, -0.25) is 4.57 Å². The molecule has 0 atom stereocenters. The van der Waals surface area contributed by atoms with Gasteiger partial charge in [-0.05, 0) is 25.3 Å². The maximum Gasteiger partial charge on any atom is 0.256 e. The number of thioether (sulfide) groups is 1. The zero-order valence-corrected chi connectivity index (χ0v) is 12.3. The second-order valence-electron chi connectivity index (χ2n) is 4.59. The molecule has 0 fully saturated rings. The fourth-order valence-corrected chi connectivity index (χ4v) is 2.74. The number of aryl methyl sites for hydroxylation is 1. The molecule has 21 heavy (non-hydrogen) atoms. The predicted molar refractivity (Wildman–Crippen MR) is 80.7 cm³/mol. The van der Waals surface area contributed by atoms with Gasteiger partial charge in [0.15, 0.2) is 11.2 Å². The van der Waals surface area contributed by atoms with E-state index in [0.717, 1.165) is 33.5 Å². The van der Waals surface area contributed by atoms with Crippen LogP contribution in [0.15, 0.2) is 40.6 Å². The third kappa shape index (κ3) is 1.81. The standard InChI is InChI=1S/C14H11N5OS/c1-8-11(4-3-9-12(8)20-14(18-9)21-2)19-7-17-10-5-15-6-16-13(10)19/h3-7H,1-2H3. The van der Waals surface area contributed by atoms with Crippen molar-refractivity contribution < 1.29 is 4.42 Å². The van der Waals surface area contributed by atoms with Crippen molar-refractivity contribution in [3.8, 4) is 5.69 Å². The molecule has 4 aromatic rings. The van der Waals surface area contributed by atoms with E-state index in [0.29, 0.717) is 5.22 Å². The molecule has 0 spiro atoms. The van der Waals surface area contributed by atoms with E-state index >= 15 is 0 Å². The van der Waals surface area contributed by atoms with E-state index in [2.05, 4.69) is 19.9 Å². The van der Waals surface area contributed by atoms with Crippen LogP contribution in [-0.4, -0.2) is 30.8 Å². The van der Waals surface area contributed by atoms with Gasteiger partial charge in [0.1, 0.15) is 23.7 Å². The Morgan fingerprint density at radius 2 is 2.10 bits per heavy atom. The minimum absolute atomic E-state index is 0.670. The van der Waals surface area contributed by atoms with Gasteiger partial charge >= 0.3 is 0 Å². The topological polar surface area (TPSA) is 69.6 Å². The molecule has 0 saturated heterocycles. The maximum atomic E-state index is 5.78. The highest BCUT2D eigenvalue weighted by molar-refractivity contribution is 7.98. The van der Waals surface area contributed by atoms with E-state index in [1.807, 2.05) is 29.9 Å². The smallest absolute Gasteiger partial charge is 0.256 e. The lowest BCUT2D eigenvalue weighted by molar-refractivity contribution is 0.488. The molecule has 0 aliphatic heterocycles. The summed E-state index contributed by atoms with van der Waals surface area (Å²) >= 11 is 1.49. The van der Waals surface area contributed by atoms with Crippen molar-refractivity contribution in [1.29, 1.82) is 0 Å². The van der Waals surface area contributed by atoms with Crippen LogP contribution in [0.3, 0.4) is 0 Å². The summed E-state index contributed by atoms with van der Waals surface area (Å²) in [4.78, 5) is 17.0. The van der Waals surface area contributed by atoms with Crippen LogP contribution in [0.25, 0.3) is 28.0 Å². The summed E-state index contributed by atoms with van der Waals surface area (Å²) in [5.41, 5.74) is 5.19. The molecule has 0 bridgehead atoms. The third-order valence-corrected chi connectivity index (χ3v) is 3.93. The Kier molecular flexibility index (Phi) is 2.68. The first kappa shape index (κ1) is 12.3. The first-order chi connectivity index (χ1) is 10.3. The lowest BCUT2D eigenvalue weighted by Gasteiger charge is -2.07. The number of aromatic nitrogens is 5. The molecule has 0 aliphatic rings. The fraction of sp³-hybridized carbons (Fsp3) is 0.143. The number of benzene rings is 1. The SMILES string of the molecule is CSc1nc2ccc(-n3cnc4cncnc43)c(C)c2o1. The number of oxazole rings is 1. The summed E-state index contributed by atoms with van der Waals surface area (Å²) in [6.45, 7) is 2.01. The minimum Gasteiger partial charge on any atom is -0.431 e. The van der Waals surface area contributed by atoms with Crippen molar-refractivity contribution in [2.75, 3.05) is 6.26 Å². The maximum absolute atomic E-state index is 5.78. The first-order valence-corrected chi connectivity index (χ1v) is 7.58. The Morgan fingerprint density at radius 1 is 1.19 bits per heavy atom. The lowest BCUT2D eigenvalue weighted by atomic mass is 10.1. The zero-order chi connectivity index (χ0) is 14.4.